The highest BCUT2D eigenvalue weighted by Crippen LogP contribution is 2.39. The fourth-order valence-corrected chi connectivity index (χ4v) is 4.58. The van der Waals surface area contributed by atoms with E-state index in [0.29, 0.717) is 0 Å². The lowest BCUT2D eigenvalue weighted by molar-refractivity contribution is -0.133. The first-order chi connectivity index (χ1) is 17.3. The Kier molecular flexibility index (Phi) is 5.95. The van der Waals surface area contributed by atoms with Gasteiger partial charge in [0.2, 0.25) is 5.91 Å². The summed E-state index contributed by atoms with van der Waals surface area (Å²) in [6, 6.07) is 13.0. The summed E-state index contributed by atoms with van der Waals surface area (Å²) in [4.78, 5) is 45.8. The average Bonchev–Trinajstić information content (AvgIpc) is 3.61. The number of rotatable bonds is 7. The highest BCUT2D eigenvalue weighted by Gasteiger charge is 2.53. The molecule has 0 saturated heterocycles. The topological polar surface area (TPSA) is 106 Å². The third-order valence-electron chi connectivity index (χ3n) is 6.62. The zero-order chi connectivity index (χ0) is 25.4. The first-order valence-corrected chi connectivity index (χ1v) is 11.7. The minimum Gasteiger partial charge on any atom is -0.497 e. The standard InChI is InChI=1S/C26H26FN5O4/c1-26(25(35)28-13-16-7-11-18(36-2)12-8-16)14-31-15-29-21(22(31)24(34)32(26)17-9-10-17)23(33)30-20-6-4-3-5-19(20)27/h3-8,11-12,15,17H,9-10,13-14H2,1-2H3,(H,28,35)(H,30,33). The maximum atomic E-state index is 14.0. The van der Waals surface area contributed by atoms with Gasteiger partial charge in [-0.05, 0) is 49.6 Å². The zero-order valence-corrected chi connectivity index (χ0v) is 20.0. The number of aromatic nitrogens is 2. The van der Waals surface area contributed by atoms with Crippen molar-refractivity contribution < 1.29 is 23.5 Å². The Morgan fingerprint density at radius 1 is 1.17 bits per heavy atom. The molecule has 9 nitrogen and oxygen atoms in total. The summed E-state index contributed by atoms with van der Waals surface area (Å²) in [7, 11) is 1.59. The number of para-hydroxylation sites is 1. The third-order valence-corrected chi connectivity index (χ3v) is 6.62. The van der Waals surface area contributed by atoms with Gasteiger partial charge in [-0.15, -0.1) is 0 Å². The molecule has 3 aromatic rings. The second-order valence-corrected chi connectivity index (χ2v) is 9.21. The number of carbonyl (C=O) groups excluding carboxylic acids is 3. The lowest BCUT2D eigenvalue weighted by atomic mass is 9.93. The van der Waals surface area contributed by atoms with Crippen LogP contribution >= 0.6 is 0 Å². The van der Waals surface area contributed by atoms with Crippen LogP contribution in [0.2, 0.25) is 0 Å². The van der Waals surface area contributed by atoms with E-state index in [1.54, 1.807) is 25.0 Å². The molecule has 2 aliphatic rings. The van der Waals surface area contributed by atoms with E-state index in [1.165, 1.54) is 29.1 Å². The summed E-state index contributed by atoms with van der Waals surface area (Å²) in [6.07, 6.45) is 2.93. The molecule has 1 unspecified atom stereocenters. The van der Waals surface area contributed by atoms with Crippen LogP contribution in [0.3, 0.4) is 0 Å². The van der Waals surface area contributed by atoms with Gasteiger partial charge in [0.15, 0.2) is 5.69 Å². The number of nitrogens with zero attached hydrogens (tertiary/aromatic N) is 3. The Morgan fingerprint density at radius 2 is 1.89 bits per heavy atom. The largest absolute Gasteiger partial charge is 0.497 e. The molecule has 186 valence electrons. The van der Waals surface area contributed by atoms with Crippen LogP contribution in [-0.4, -0.2) is 50.9 Å². The van der Waals surface area contributed by atoms with Gasteiger partial charge in [-0.3, -0.25) is 14.4 Å². The number of carbonyl (C=O) groups is 3. The summed E-state index contributed by atoms with van der Waals surface area (Å²) in [5.41, 5.74) is -0.291. The molecule has 0 spiro atoms. The highest BCUT2D eigenvalue weighted by molar-refractivity contribution is 6.11. The van der Waals surface area contributed by atoms with Gasteiger partial charge in [0, 0.05) is 12.6 Å². The Labute approximate surface area is 207 Å². The van der Waals surface area contributed by atoms with Gasteiger partial charge in [-0.2, -0.15) is 0 Å². The van der Waals surface area contributed by atoms with E-state index in [1.807, 2.05) is 24.3 Å². The van der Waals surface area contributed by atoms with Crippen molar-refractivity contribution in [2.75, 3.05) is 12.4 Å². The van der Waals surface area contributed by atoms with Crippen LogP contribution in [0.15, 0.2) is 54.9 Å². The number of anilines is 1. The molecule has 2 heterocycles. The van der Waals surface area contributed by atoms with Crippen LogP contribution in [0.4, 0.5) is 10.1 Å². The molecule has 0 radical (unpaired) electrons. The van der Waals surface area contributed by atoms with E-state index in [4.69, 9.17) is 4.74 Å². The van der Waals surface area contributed by atoms with E-state index in [2.05, 4.69) is 15.6 Å². The van der Waals surface area contributed by atoms with Gasteiger partial charge in [0.05, 0.1) is 25.7 Å². The zero-order valence-electron chi connectivity index (χ0n) is 20.0. The number of fused-ring (bicyclic) bond motifs is 1. The molecule has 2 N–H and O–H groups in total. The van der Waals surface area contributed by atoms with E-state index in [9.17, 15) is 18.8 Å². The number of amides is 3. The molecular formula is C26H26FN5O4. The van der Waals surface area contributed by atoms with E-state index >= 15 is 0 Å². The number of hydrogen-bond acceptors (Lipinski definition) is 5. The minimum absolute atomic E-state index is 0.00527. The van der Waals surface area contributed by atoms with Crippen molar-refractivity contribution >= 4 is 23.4 Å². The van der Waals surface area contributed by atoms with Crippen LogP contribution < -0.4 is 15.4 Å². The van der Waals surface area contributed by atoms with Crippen molar-refractivity contribution in [1.29, 1.82) is 0 Å². The Balaban J connectivity index is 1.39. The van der Waals surface area contributed by atoms with Crippen LogP contribution in [0.5, 0.6) is 5.75 Å². The van der Waals surface area contributed by atoms with Crippen LogP contribution in [0.1, 0.15) is 46.3 Å². The van der Waals surface area contributed by atoms with Crippen molar-refractivity contribution in [1.82, 2.24) is 19.8 Å². The molecule has 0 bridgehead atoms. The summed E-state index contributed by atoms with van der Waals surface area (Å²) in [5.74, 6) is -1.30. The minimum atomic E-state index is -1.17. The fraction of sp³-hybridized carbons (Fsp3) is 0.308. The van der Waals surface area contributed by atoms with Crippen molar-refractivity contribution in [2.45, 2.75) is 44.4 Å². The monoisotopic (exact) mass is 491 g/mol. The van der Waals surface area contributed by atoms with E-state index < -0.39 is 23.2 Å². The maximum absolute atomic E-state index is 14.0. The first kappa shape index (κ1) is 23.5. The number of hydrogen-bond donors (Lipinski definition) is 2. The van der Waals surface area contributed by atoms with E-state index in [0.717, 1.165) is 24.2 Å². The number of imidazole rings is 1. The van der Waals surface area contributed by atoms with Crippen LogP contribution in [0.25, 0.3) is 0 Å². The summed E-state index contributed by atoms with van der Waals surface area (Å²) in [6.45, 7) is 2.16. The molecule has 2 aromatic carbocycles. The molecule has 5 rings (SSSR count). The van der Waals surface area contributed by atoms with Crippen molar-refractivity contribution in [2.24, 2.45) is 0 Å². The lowest BCUT2D eigenvalue weighted by Gasteiger charge is -2.44. The SMILES string of the molecule is COc1ccc(CNC(=O)C2(C)Cn3cnc(C(=O)Nc4ccccc4F)c3C(=O)N2C2CC2)cc1. The smallest absolute Gasteiger partial charge is 0.276 e. The lowest BCUT2D eigenvalue weighted by Crippen LogP contribution is -2.64. The summed E-state index contributed by atoms with van der Waals surface area (Å²) >= 11 is 0. The highest BCUT2D eigenvalue weighted by atomic mass is 19.1. The van der Waals surface area contributed by atoms with E-state index in [-0.39, 0.29) is 42.1 Å². The first-order valence-electron chi connectivity index (χ1n) is 11.7. The Hall–Kier alpha value is -4.21. The van der Waals surface area contributed by atoms with Crippen molar-refractivity contribution in [3.8, 4) is 5.75 Å². The van der Waals surface area contributed by atoms with Gasteiger partial charge in [-0.1, -0.05) is 24.3 Å². The second-order valence-electron chi connectivity index (χ2n) is 9.21. The predicted octanol–water partition coefficient (Wildman–Crippen LogP) is 2.98. The molecule has 1 saturated carbocycles. The van der Waals surface area contributed by atoms with Gasteiger partial charge in [0.25, 0.3) is 11.8 Å². The fourth-order valence-electron chi connectivity index (χ4n) is 4.58. The average molecular weight is 492 g/mol. The van der Waals surface area contributed by atoms with Crippen molar-refractivity contribution in [3.63, 3.8) is 0 Å². The molecule has 36 heavy (non-hydrogen) atoms. The second kappa shape index (κ2) is 9.10. The number of halogens is 1. The number of benzene rings is 2. The van der Waals surface area contributed by atoms with Gasteiger partial charge in [-0.25, -0.2) is 9.37 Å². The van der Waals surface area contributed by atoms with Crippen LogP contribution in [0, 0.1) is 5.82 Å². The molecule has 1 aromatic heterocycles. The third kappa shape index (κ3) is 4.19. The number of ether oxygens (including phenoxy) is 1. The summed E-state index contributed by atoms with van der Waals surface area (Å²) in [5, 5.41) is 5.44. The number of nitrogens with one attached hydrogen (secondary N) is 2. The molecule has 1 aliphatic carbocycles. The molecule has 1 aliphatic heterocycles. The molecule has 1 fully saturated rings. The Bertz CT molecular complexity index is 1330. The maximum Gasteiger partial charge on any atom is 0.276 e. The van der Waals surface area contributed by atoms with Gasteiger partial charge >= 0.3 is 0 Å². The molecular weight excluding hydrogens is 465 g/mol. The van der Waals surface area contributed by atoms with Crippen LogP contribution in [-0.2, 0) is 17.9 Å². The quantitative estimate of drug-likeness (QED) is 0.529. The normalized spacial score (nSPS) is 19.0. The molecule has 1 atom stereocenters. The van der Waals surface area contributed by atoms with Gasteiger partial charge in [0.1, 0.15) is 22.8 Å². The summed E-state index contributed by atoms with van der Waals surface area (Å²) < 4.78 is 20.7. The number of methoxy groups -OCH3 is 1. The van der Waals surface area contributed by atoms with Gasteiger partial charge < -0.3 is 24.8 Å². The molecule has 10 heteroatoms. The predicted molar refractivity (Wildman–Crippen MR) is 129 cm³/mol. The molecule has 3 amide bonds. The van der Waals surface area contributed by atoms with Crippen molar-refractivity contribution in [3.05, 3.63) is 77.6 Å². The Morgan fingerprint density at radius 3 is 2.56 bits per heavy atom.